The summed E-state index contributed by atoms with van der Waals surface area (Å²) in [6.45, 7) is 2.86. The van der Waals surface area contributed by atoms with Crippen LogP contribution < -0.4 is 20.7 Å². The van der Waals surface area contributed by atoms with Crippen LogP contribution in [0, 0.1) is 0 Å². The Labute approximate surface area is 214 Å². The number of halogens is 4. The number of carbonyl (C=O) groups is 1. The van der Waals surface area contributed by atoms with Gasteiger partial charge in [0.1, 0.15) is 11.9 Å². The first-order valence-electron chi connectivity index (χ1n) is 10.1. The minimum absolute atomic E-state index is 0.161. The van der Waals surface area contributed by atoms with Gasteiger partial charge in [-0.1, -0.05) is 84.7 Å². The zero-order valence-electron chi connectivity index (χ0n) is 17.5. The van der Waals surface area contributed by atoms with Gasteiger partial charge in [-0.25, -0.2) is 0 Å². The Morgan fingerprint density at radius 3 is 2.34 bits per heavy atom. The lowest BCUT2D eigenvalue weighted by Crippen LogP contribution is -2.56. The van der Waals surface area contributed by atoms with Crippen LogP contribution in [0.1, 0.15) is 43.0 Å². The van der Waals surface area contributed by atoms with E-state index in [0.717, 1.165) is 18.6 Å². The number of hydrogen-bond acceptors (Lipinski definition) is 3. The molecule has 0 saturated carbocycles. The van der Waals surface area contributed by atoms with E-state index in [-0.39, 0.29) is 15.7 Å². The zero-order chi connectivity index (χ0) is 23.6. The molecule has 3 N–H and O–H groups in total. The van der Waals surface area contributed by atoms with E-state index in [1.54, 1.807) is 24.3 Å². The fourth-order valence-corrected chi connectivity index (χ4v) is 3.49. The normalized spacial score (nSPS) is 12.0. The number of unbranched alkanes of at least 4 members (excludes halogenated alkanes) is 3. The Bertz CT molecular complexity index is 891. The summed E-state index contributed by atoms with van der Waals surface area (Å²) in [5.41, 5.74) is 0.959. The van der Waals surface area contributed by atoms with Crippen molar-refractivity contribution >= 4 is 75.3 Å². The molecule has 0 saturated heterocycles. The van der Waals surface area contributed by atoms with Crippen LogP contribution >= 0.6 is 58.6 Å². The van der Waals surface area contributed by atoms with E-state index in [1.807, 2.05) is 24.3 Å². The standard InChI is InChI=1S/C22H25Cl4N3O2S/c1-2-3-4-7-14-31-16-12-10-15(11-13-16)27-21(32)29-20(22(24,25)26)28-19(30)17-8-5-6-9-18(17)23/h5-6,8-13,20H,2-4,7,14H2,1H3,(H,28,30)(H2,27,29,32). The third-order valence-corrected chi connectivity index (χ3v) is 5.58. The van der Waals surface area contributed by atoms with E-state index in [1.165, 1.54) is 12.8 Å². The first kappa shape index (κ1) is 26.8. The summed E-state index contributed by atoms with van der Waals surface area (Å²) in [5.74, 6) is 0.264. The number of alkyl halides is 3. The van der Waals surface area contributed by atoms with Gasteiger partial charge in [-0.2, -0.15) is 0 Å². The van der Waals surface area contributed by atoms with Crippen molar-refractivity contribution in [2.24, 2.45) is 0 Å². The monoisotopic (exact) mass is 535 g/mol. The summed E-state index contributed by atoms with van der Waals surface area (Å²) in [5, 5.41) is 8.84. The first-order chi connectivity index (χ1) is 15.2. The molecule has 0 heterocycles. The summed E-state index contributed by atoms with van der Waals surface area (Å²) in [4.78, 5) is 12.6. The Morgan fingerprint density at radius 1 is 1.03 bits per heavy atom. The molecule has 5 nitrogen and oxygen atoms in total. The molecule has 0 bridgehead atoms. The van der Waals surface area contributed by atoms with Gasteiger partial charge in [-0.3, -0.25) is 4.79 Å². The molecule has 0 spiro atoms. The Kier molecular flexibility index (Phi) is 11.2. The number of thiocarbonyl (C=S) groups is 1. The second-order valence-corrected chi connectivity index (χ2v) is 10.1. The smallest absolute Gasteiger partial charge is 0.254 e. The van der Waals surface area contributed by atoms with Crippen molar-refractivity contribution in [2.45, 2.75) is 42.6 Å². The minimum Gasteiger partial charge on any atom is -0.494 e. The van der Waals surface area contributed by atoms with E-state index in [9.17, 15) is 4.79 Å². The molecule has 32 heavy (non-hydrogen) atoms. The number of nitrogens with one attached hydrogen (secondary N) is 3. The predicted octanol–water partition coefficient (Wildman–Crippen LogP) is 6.71. The van der Waals surface area contributed by atoms with Crippen LogP contribution in [-0.4, -0.2) is 27.6 Å². The van der Waals surface area contributed by atoms with Crippen molar-refractivity contribution < 1.29 is 9.53 Å². The molecule has 0 aliphatic carbocycles. The molecule has 10 heteroatoms. The van der Waals surface area contributed by atoms with Crippen molar-refractivity contribution in [2.75, 3.05) is 11.9 Å². The first-order valence-corrected chi connectivity index (χ1v) is 12.0. The number of rotatable bonds is 10. The van der Waals surface area contributed by atoms with Crippen LogP contribution in [0.25, 0.3) is 0 Å². The van der Waals surface area contributed by atoms with Gasteiger partial charge in [0.15, 0.2) is 5.11 Å². The van der Waals surface area contributed by atoms with E-state index in [0.29, 0.717) is 12.3 Å². The molecule has 174 valence electrons. The molecule has 1 amide bonds. The molecule has 0 radical (unpaired) electrons. The van der Waals surface area contributed by atoms with Crippen LogP contribution in [0.15, 0.2) is 48.5 Å². The number of benzene rings is 2. The predicted molar refractivity (Wildman–Crippen MR) is 138 cm³/mol. The van der Waals surface area contributed by atoms with Crippen LogP contribution in [0.4, 0.5) is 5.69 Å². The summed E-state index contributed by atoms with van der Waals surface area (Å²) in [6, 6.07) is 13.9. The van der Waals surface area contributed by atoms with Crippen molar-refractivity contribution in [1.29, 1.82) is 0 Å². The summed E-state index contributed by atoms with van der Waals surface area (Å²) >= 11 is 29.5. The second kappa shape index (κ2) is 13.3. The molecule has 1 unspecified atom stereocenters. The van der Waals surface area contributed by atoms with Crippen molar-refractivity contribution in [3.05, 3.63) is 59.1 Å². The Morgan fingerprint density at radius 2 is 1.72 bits per heavy atom. The molecule has 0 aliphatic rings. The second-order valence-electron chi connectivity index (χ2n) is 6.96. The molecule has 0 fully saturated rings. The topological polar surface area (TPSA) is 62.4 Å². The fourth-order valence-electron chi connectivity index (χ4n) is 2.71. The van der Waals surface area contributed by atoms with Gasteiger partial charge in [0, 0.05) is 5.69 Å². The third kappa shape index (κ3) is 9.20. The lowest BCUT2D eigenvalue weighted by Gasteiger charge is -2.28. The number of ether oxygens (including phenoxy) is 1. The van der Waals surface area contributed by atoms with Crippen molar-refractivity contribution in [3.8, 4) is 5.75 Å². The van der Waals surface area contributed by atoms with Crippen molar-refractivity contribution in [1.82, 2.24) is 10.6 Å². The average molecular weight is 537 g/mol. The lowest BCUT2D eigenvalue weighted by molar-refractivity contribution is 0.0934. The van der Waals surface area contributed by atoms with Crippen LogP contribution in [-0.2, 0) is 0 Å². The summed E-state index contributed by atoms with van der Waals surface area (Å²) < 4.78 is 3.85. The maximum atomic E-state index is 12.6. The number of anilines is 1. The van der Waals surface area contributed by atoms with Crippen LogP contribution in [0.5, 0.6) is 5.75 Å². The summed E-state index contributed by atoms with van der Waals surface area (Å²) in [7, 11) is 0. The highest BCUT2D eigenvalue weighted by Gasteiger charge is 2.35. The Hall–Kier alpha value is -1.44. The van der Waals surface area contributed by atoms with E-state index >= 15 is 0 Å². The molecule has 2 rings (SSSR count). The van der Waals surface area contributed by atoms with Gasteiger partial charge >= 0.3 is 0 Å². The molecule has 2 aromatic carbocycles. The zero-order valence-corrected chi connectivity index (χ0v) is 21.3. The highest BCUT2D eigenvalue weighted by atomic mass is 35.6. The molecular formula is C22H25Cl4N3O2S. The maximum absolute atomic E-state index is 12.6. The average Bonchev–Trinajstić information content (AvgIpc) is 2.74. The van der Waals surface area contributed by atoms with E-state index in [2.05, 4.69) is 22.9 Å². The molecule has 0 aliphatic heterocycles. The lowest BCUT2D eigenvalue weighted by atomic mass is 10.2. The van der Waals surface area contributed by atoms with Gasteiger partial charge in [0.05, 0.1) is 17.2 Å². The van der Waals surface area contributed by atoms with E-state index in [4.69, 9.17) is 63.4 Å². The SMILES string of the molecule is CCCCCCOc1ccc(NC(=S)NC(NC(=O)c2ccccc2Cl)C(Cl)(Cl)Cl)cc1. The quantitative estimate of drug-likeness (QED) is 0.136. The van der Waals surface area contributed by atoms with E-state index < -0.39 is 15.9 Å². The van der Waals surface area contributed by atoms with Crippen molar-refractivity contribution in [3.63, 3.8) is 0 Å². The highest BCUT2D eigenvalue weighted by molar-refractivity contribution is 7.80. The largest absolute Gasteiger partial charge is 0.494 e. The minimum atomic E-state index is -1.88. The van der Waals surface area contributed by atoms with Gasteiger partial charge in [0.25, 0.3) is 5.91 Å². The van der Waals surface area contributed by atoms with Gasteiger partial charge in [0.2, 0.25) is 3.79 Å². The Balaban J connectivity index is 1.91. The molecule has 0 aromatic heterocycles. The molecule has 1 atom stereocenters. The third-order valence-electron chi connectivity index (χ3n) is 4.38. The molecular weight excluding hydrogens is 512 g/mol. The van der Waals surface area contributed by atoms with Gasteiger partial charge < -0.3 is 20.7 Å². The van der Waals surface area contributed by atoms with Gasteiger partial charge in [-0.15, -0.1) is 0 Å². The fraction of sp³-hybridized carbons (Fsp3) is 0.364. The summed E-state index contributed by atoms with van der Waals surface area (Å²) in [6.07, 6.45) is 3.48. The highest BCUT2D eigenvalue weighted by Crippen LogP contribution is 2.29. The maximum Gasteiger partial charge on any atom is 0.254 e. The number of carbonyl (C=O) groups excluding carboxylic acids is 1. The molecule has 2 aromatic rings. The van der Waals surface area contributed by atoms with Crippen LogP contribution in [0.3, 0.4) is 0 Å². The van der Waals surface area contributed by atoms with Gasteiger partial charge in [-0.05, 0) is 55.0 Å². The number of amides is 1. The van der Waals surface area contributed by atoms with Crippen LogP contribution in [0.2, 0.25) is 5.02 Å². The number of hydrogen-bond donors (Lipinski definition) is 3.